The zero-order chi connectivity index (χ0) is 24.0. The number of rotatable bonds is 4. The van der Waals surface area contributed by atoms with Crippen LogP contribution >= 0.6 is 23.8 Å². The fourth-order valence-corrected chi connectivity index (χ4v) is 6.27. The Kier molecular flexibility index (Phi) is 6.30. The van der Waals surface area contributed by atoms with Crippen molar-refractivity contribution in [2.75, 3.05) is 22.9 Å². The standard InChI is InChI=1S/C27H32ClN5S/c1-17-13-18(2)16-32(15-17)23-11-9-20(14-21(23)28)33-26(24-10-8-19(3)31(24)4)25(30-27(33)34)22-7-5-6-12-29-22/h5-12,14,17-18,25-26H,13,15-16H2,1-4H3,(H,30,34)/t17-,18+,25-,26+/m1/s1. The fourth-order valence-electron chi connectivity index (χ4n) is 5.63. The molecule has 2 aliphatic heterocycles. The van der Waals surface area contributed by atoms with Gasteiger partial charge in [0.2, 0.25) is 0 Å². The number of piperidine rings is 1. The highest BCUT2D eigenvalue weighted by Gasteiger charge is 2.42. The quantitative estimate of drug-likeness (QED) is 0.448. The van der Waals surface area contributed by atoms with Gasteiger partial charge in [-0.3, -0.25) is 4.98 Å². The number of aryl methyl sites for hydroxylation is 1. The predicted octanol–water partition coefficient (Wildman–Crippen LogP) is 6.04. The monoisotopic (exact) mass is 493 g/mol. The van der Waals surface area contributed by atoms with E-state index in [9.17, 15) is 0 Å². The van der Waals surface area contributed by atoms with Gasteiger partial charge >= 0.3 is 0 Å². The van der Waals surface area contributed by atoms with Crippen molar-refractivity contribution in [3.63, 3.8) is 0 Å². The van der Waals surface area contributed by atoms with Crippen LogP contribution < -0.4 is 15.1 Å². The predicted molar refractivity (Wildman–Crippen MR) is 145 cm³/mol. The molecular formula is C27H32ClN5S. The summed E-state index contributed by atoms with van der Waals surface area (Å²) in [5.41, 5.74) is 5.45. The van der Waals surface area contributed by atoms with Crippen molar-refractivity contribution < 1.29 is 0 Å². The Morgan fingerprint density at radius 1 is 1.06 bits per heavy atom. The van der Waals surface area contributed by atoms with E-state index in [4.69, 9.17) is 23.8 Å². The number of pyridine rings is 1. The number of nitrogens with zero attached hydrogens (tertiary/aromatic N) is 4. The summed E-state index contributed by atoms with van der Waals surface area (Å²) in [6.07, 6.45) is 3.11. The molecule has 3 aromatic rings. The SMILES string of the molecule is Cc1ccc([C@H]2[C@@H](c3ccccn3)NC(=S)N2c2ccc(N3C[C@H](C)C[C@H](C)C3)c(Cl)c2)n1C. The number of nitrogens with one attached hydrogen (secondary N) is 1. The highest BCUT2D eigenvalue weighted by atomic mass is 35.5. The van der Waals surface area contributed by atoms with Crippen molar-refractivity contribution >= 4 is 40.3 Å². The minimum atomic E-state index is -0.0658. The summed E-state index contributed by atoms with van der Waals surface area (Å²) in [6.45, 7) is 8.85. The van der Waals surface area contributed by atoms with Gasteiger partial charge in [0, 0.05) is 43.4 Å². The Bertz CT molecular complexity index is 1180. The van der Waals surface area contributed by atoms with Gasteiger partial charge in [-0.1, -0.05) is 31.5 Å². The summed E-state index contributed by atoms with van der Waals surface area (Å²) in [4.78, 5) is 9.28. The van der Waals surface area contributed by atoms with Crippen molar-refractivity contribution in [1.82, 2.24) is 14.9 Å². The molecule has 5 rings (SSSR count). The summed E-state index contributed by atoms with van der Waals surface area (Å²) in [7, 11) is 2.11. The van der Waals surface area contributed by atoms with Crippen molar-refractivity contribution in [2.45, 2.75) is 39.3 Å². The number of hydrogen-bond acceptors (Lipinski definition) is 3. The first-order chi connectivity index (χ1) is 16.3. The van der Waals surface area contributed by atoms with Gasteiger partial charge in [0.1, 0.15) is 6.04 Å². The van der Waals surface area contributed by atoms with Gasteiger partial charge in [-0.25, -0.2) is 0 Å². The summed E-state index contributed by atoms with van der Waals surface area (Å²) in [6, 6.07) is 16.6. The summed E-state index contributed by atoms with van der Waals surface area (Å²) in [5, 5.41) is 4.99. The van der Waals surface area contributed by atoms with E-state index in [0.717, 1.165) is 35.2 Å². The van der Waals surface area contributed by atoms with Crippen LogP contribution in [0.3, 0.4) is 0 Å². The minimum absolute atomic E-state index is 0.0435. The zero-order valence-electron chi connectivity index (χ0n) is 20.2. The maximum Gasteiger partial charge on any atom is 0.174 e. The third-order valence-corrected chi connectivity index (χ3v) is 7.85. The molecule has 2 aromatic heterocycles. The van der Waals surface area contributed by atoms with Gasteiger partial charge < -0.3 is 19.7 Å². The summed E-state index contributed by atoms with van der Waals surface area (Å²) in [5.74, 6) is 1.33. The van der Waals surface area contributed by atoms with Gasteiger partial charge in [-0.2, -0.15) is 0 Å². The smallest absolute Gasteiger partial charge is 0.174 e. The molecule has 1 aromatic carbocycles. The molecule has 0 spiro atoms. The molecule has 34 heavy (non-hydrogen) atoms. The van der Waals surface area contributed by atoms with Crippen LogP contribution in [-0.2, 0) is 7.05 Å². The normalized spacial score (nSPS) is 25.0. The van der Waals surface area contributed by atoms with E-state index in [1.807, 2.05) is 18.3 Å². The first-order valence-electron chi connectivity index (χ1n) is 12.0. The van der Waals surface area contributed by atoms with Gasteiger partial charge in [0.15, 0.2) is 5.11 Å². The summed E-state index contributed by atoms with van der Waals surface area (Å²) < 4.78 is 2.23. The molecule has 4 heterocycles. The largest absolute Gasteiger partial charge is 0.370 e. The van der Waals surface area contributed by atoms with Crippen LogP contribution in [0.5, 0.6) is 0 Å². The lowest BCUT2D eigenvalue weighted by atomic mass is 9.91. The van der Waals surface area contributed by atoms with Crippen LogP contribution in [-0.4, -0.2) is 27.8 Å². The molecule has 0 unspecified atom stereocenters. The highest BCUT2D eigenvalue weighted by Crippen LogP contribution is 2.43. The van der Waals surface area contributed by atoms with E-state index in [-0.39, 0.29) is 12.1 Å². The van der Waals surface area contributed by atoms with E-state index >= 15 is 0 Å². The Hall–Kier alpha value is -2.57. The van der Waals surface area contributed by atoms with Gasteiger partial charge in [0.25, 0.3) is 0 Å². The number of aromatic nitrogens is 2. The average Bonchev–Trinajstić information content (AvgIpc) is 3.32. The second-order valence-corrected chi connectivity index (χ2v) is 10.7. The van der Waals surface area contributed by atoms with Crippen molar-refractivity contribution in [1.29, 1.82) is 0 Å². The first kappa shape index (κ1) is 23.2. The van der Waals surface area contributed by atoms with Crippen LogP contribution in [0.1, 0.15) is 49.4 Å². The Balaban J connectivity index is 1.54. The number of hydrogen-bond donors (Lipinski definition) is 1. The van der Waals surface area contributed by atoms with E-state index < -0.39 is 0 Å². The highest BCUT2D eigenvalue weighted by molar-refractivity contribution is 7.80. The maximum atomic E-state index is 6.92. The molecule has 1 N–H and O–H groups in total. The molecule has 0 aliphatic carbocycles. The van der Waals surface area contributed by atoms with Gasteiger partial charge in [0.05, 0.1) is 22.4 Å². The molecule has 4 atom stereocenters. The Morgan fingerprint density at radius 2 is 1.82 bits per heavy atom. The molecule has 2 aliphatic rings. The molecular weight excluding hydrogens is 462 g/mol. The Morgan fingerprint density at radius 3 is 2.44 bits per heavy atom. The molecule has 0 radical (unpaired) electrons. The third-order valence-electron chi connectivity index (χ3n) is 7.23. The second-order valence-electron chi connectivity index (χ2n) is 9.94. The molecule has 7 heteroatoms. The molecule has 2 fully saturated rings. The maximum absolute atomic E-state index is 6.92. The molecule has 2 saturated heterocycles. The van der Waals surface area contributed by atoms with E-state index in [0.29, 0.717) is 16.9 Å². The lowest BCUT2D eigenvalue weighted by Crippen LogP contribution is -2.38. The number of anilines is 2. The fraction of sp³-hybridized carbons (Fsp3) is 0.407. The Labute approximate surface area is 212 Å². The van der Waals surface area contributed by atoms with E-state index in [2.05, 4.69) is 88.9 Å². The van der Waals surface area contributed by atoms with Crippen LogP contribution in [0, 0.1) is 18.8 Å². The van der Waals surface area contributed by atoms with Crippen molar-refractivity contribution in [3.8, 4) is 0 Å². The first-order valence-corrected chi connectivity index (χ1v) is 12.8. The minimum Gasteiger partial charge on any atom is -0.370 e. The van der Waals surface area contributed by atoms with Crippen LogP contribution in [0.15, 0.2) is 54.7 Å². The van der Waals surface area contributed by atoms with Crippen LogP contribution in [0.4, 0.5) is 11.4 Å². The zero-order valence-corrected chi connectivity index (χ0v) is 21.8. The molecule has 5 nitrogen and oxygen atoms in total. The van der Waals surface area contributed by atoms with Crippen molar-refractivity contribution in [3.05, 3.63) is 76.8 Å². The van der Waals surface area contributed by atoms with Crippen LogP contribution in [0.2, 0.25) is 5.02 Å². The van der Waals surface area contributed by atoms with Crippen molar-refractivity contribution in [2.24, 2.45) is 18.9 Å². The molecule has 0 bridgehead atoms. The van der Waals surface area contributed by atoms with Gasteiger partial charge in [-0.05, 0) is 79.9 Å². The van der Waals surface area contributed by atoms with E-state index in [1.54, 1.807) is 0 Å². The molecule has 0 saturated carbocycles. The average molecular weight is 494 g/mol. The van der Waals surface area contributed by atoms with Gasteiger partial charge in [-0.15, -0.1) is 0 Å². The number of thiocarbonyl (C=S) groups is 1. The lowest BCUT2D eigenvalue weighted by molar-refractivity contribution is 0.357. The number of halogens is 1. The lowest BCUT2D eigenvalue weighted by Gasteiger charge is -2.37. The third kappa shape index (κ3) is 4.18. The topological polar surface area (TPSA) is 36.3 Å². The second kappa shape index (κ2) is 9.23. The summed E-state index contributed by atoms with van der Waals surface area (Å²) >= 11 is 12.8. The van der Waals surface area contributed by atoms with E-state index in [1.165, 1.54) is 17.8 Å². The van der Waals surface area contributed by atoms with Crippen LogP contribution in [0.25, 0.3) is 0 Å². The number of benzene rings is 1. The molecule has 0 amide bonds. The molecule has 178 valence electrons.